The highest BCUT2D eigenvalue weighted by atomic mass is 32.1. The van der Waals surface area contributed by atoms with E-state index in [1.165, 1.54) is 55.6 Å². The highest BCUT2D eigenvalue weighted by molar-refractivity contribution is 7.17. The van der Waals surface area contributed by atoms with E-state index in [1.807, 2.05) is 13.8 Å². The van der Waals surface area contributed by atoms with E-state index in [4.69, 9.17) is 0 Å². The van der Waals surface area contributed by atoms with Crippen LogP contribution in [-0.2, 0) is 0 Å². The summed E-state index contributed by atoms with van der Waals surface area (Å²) in [5.41, 5.74) is 1.62. The molecule has 1 aliphatic carbocycles. The number of nitrogens with zero attached hydrogens (tertiary/aromatic N) is 1. The van der Waals surface area contributed by atoms with Gasteiger partial charge >= 0.3 is 0 Å². The lowest BCUT2D eigenvalue weighted by molar-refractivity contribution is 0.0943. The molecule has 1 fully saturated rings. The van der Waals surface area contributed by atoms with Crippen molar-refractivity contribution < 1.29 is 9.18 Å². The lowest BCUT2D eigenvalue weighted by atomic mass is 9.96. The van der Waals surface area contributed by atoms with Gasteiger partial charge in [0.05, 0.1) is 11.7 Å². The van der Waals surface area contributed by atoms with E-state index in [1.54, 1.807) is 12.1 Å². The van der Waals surface area contributed by atoms with Crippen molar-refractivity contribution in [2.45, 2.75) is 58.0 Å². The zero-order chi connectivity index (χ0) is 17.8. The number of benzene rings is 1. The highest BCUT2D eigenvalue weighted by Gasteiger charge is 2.20. The number of carbonyl (C=O) groups is 1. The number of hydrogen-bond donors (Lipinski definition) is 2. The molecular formula is C19H24FN3OS. The minimum Gasteiger partial charge on any atom is -0.359 e. The molecule has 134 valence electrons. The van der Waals surface area contributed by atoms with Crippen molar-refractivity contribution in [3.8, 4) is 0 Å². The highest BCUT2D eigenvalue weighted by Crippen LogP contribution is 2.27. The molecule has 1 aromatic heterocycles. The molecule has 0 saturated heterocycles. The predicted octanol–water partition coefficient (Wildman–Crippen LogP) is 4.83. The molecule has 1 heterocycles. The first-order valence-electron chi connectivity index (χ1n) is 8.83. The Morgan fingerprint density at radius 3 is 2.60 bits per heavy atom. The minimum absolute atomic E-state index is 0.136. The van der Waals surface area contributed by atoms with Crippen LogP contribution in [0.5, 0.6) is 0 Å². The van der Waals surface area contributed by atoms with Gasteiger partial charge in [0.1, 0.15) is 10.7 Å². The lowest BCUT2D eigenvalue weighted by Gasteiger charge is -2.22. The third-order valence-corrected chi connectivity index (χ3v) is 5.74. The molecule has 0 radical (unpaired) electrons. The third kappa shape index (κ3) is 4.57. The van der Waals surface area contributed by atoms with Crippen LogP contribution < -0.4 is 10.6 Å². The molecular weight excluding hydrogens is 337 g/mol. The fourth-order valence-electron chi connectivity index (χ4n) is 3.19. The van der Waals surface area contributed by atoms with Gasteiger partial charge in [-0.05, 0) is 44.4 Å². The van der Waals surface area contributed by atoms with E-state index in [0.717, 1.165) is 16.4 Å². The van der Waals surface area contributed by atoms with Crippen molar-refractivity contribution >= 4 is 22.4 Å². The van der Waals surface area contributed by atoms with Crippen LogP contribution in [0.4, 0.5) is 9.52 Å². The standard InChI is InChI=1S/C19H24FN3OS/c1-12(14-8-10-15(20)11-9-14)21-18(24)17-13(2)22-19(25-17)23-16-6-4-3-5-7-16/h8-12,16H,3-7H2,1-2H3,(H,21,24)(H,22,23)/t12-/m1/s1. The number of rotatable bonds is 5. The number of amides is 1. The van der Waals surface area contributed by atoms with Crippen molar-refractivity contribution in [1.82, 2.24) is 10.3 Å². The molecule has 4 nitrogen and oxygen atoms in total. The molecule has 25 heavy (non-hydrogen) atoms. The summed E-state index contributed by atoms with van der Waals surface area (Å²) in [5, 5.41) is 7.27. The second kappa shape index (κ2) is 7.95. The maximum Gasteiger partial charge on any atom is 0.263 e. The van der Waals surface area contributed by atoms with Gasteiger partial charge in [-0.1, -0.05) is 42.7 Å². The van der Waals surface area contributed by atoms with Crippen LogP contribution in [0.1, 0.15) is 66.0 Å². The molecule has 0 spiro atoms. The summed E-state index contributed by atoms with van der Waals surface area (Å²) >= 11 is 1.41. The molecule has 1 aromatic carbocycles. The van der Waals surface area contributed by atoms with Gasteiger partial charge in [0.15, 0.2) is 5.13 Å². The molecule has 2 N–H and O–H groups in total. The predicted molar refractivity (Wildman–Crippen MR) is 99.6 cm³/mol. The quantitative estimate of drug-likeness (QED) is 0.802. The summed E-state index contributed by atoms with van der Waals surface area (Å²) in [6.07, 6.45) is 6.16. The van der Waals surface area contributed by atoms with Gasteiger partial charge in [0.2, 0.25) is 0 Å². The molecule has 1 amide bonds. The first-order valence-corrected chi connectivity index (χ1v) is 9.65. The number of aryl methyl sites for hydroxylation is 1. The fourth-order valence-corrected chi connectivity index (χ4v) is 4.13. The average molecular weight is 361 g/mol. The van der Waals surface area contributed by atoms with E-state index >= 15 is 0 Å². The summed E-state index contributed by atoms with van der Waals surface area (Å²) in [4.78, 5) is 17.7. The Bertz CT molecular complexity index is 723. The Hall–Kier alpha value is -1.95. The normalized spacial score (nSPS) is 16.4. The van der Waals surface area contributed by atoms with Gasteiger partial charge in [-0.3, -0.25) is 4.79 Å². The van der Waals surface area contributed by atoms with Crippen LogP contribution in [0.2, 0.25) is 0 Å². The van der Waals surface area contributed by atoms with E-state index in [2.05, 4.69) is 15.6 Å². The fraction of sp³-hybridized carbons (Fsp3) is 0.474. The van der Waals surface area contributed by atoms with Crippen molar-refractivity contribution in [3.63, 3.8) is 0 Å². The monoisotopic (exact) mass is 361 g/mol. The summed E-state index contributed by atoms with van der Waals surface area (Å²) < 4.78 is 13.0. The second-order valence-electron chi connectivity index (χ2n) is 6.66. The summed E-state index contributed by atoms with van der Waals surface area (Å²) in [5.74, 6) is -0.414. The SMILES string of the molecule is Cc1nc(NC2CCCCC2)sc1C(=O)N[C@H](C)c1ccc(F)cc1. The van der Waals surface area contributed by atoms with Crippen LogP contribution in [0.3, 0.4) is 0 Å². The second-order valence-corrected chi connectivity index (χ2v) is 7.66. The summed E-state index contributed by atoms with van der Waals surface area (Å²) in [6.45, 7) is 3.75. The smallest absolute Gasteiger partial charge is 0.263 e. The molecule has 0 unspecified atom stereocenters. The molecule has 0 aliphatic heterocycles. The summed E-state index contributed by atoms with van der Waals surface area (Å²) in [6, 6.07) is 6.47. The average Bonchev–Trinajstić information content (AvgIpc) is 2.96. The minimum atomic E-state index is -0.279. The van der Waals surface area contributed by atoms with Crippen molar-refractivity contribution in [2.24, 2.45) is 0 Å². The van der Waals surface area contributed by atoms with Gasteiger partial charge in [0, 0.05) is 6.04 Å². The van der Waals surface area contributed by atoms with E-state index in [0.29, 0.717) is 10.9 Å². The maximum absolute atomic E-state index is 13.0. The van der Waals surface area contributed by atoms with Crippen molar-refractivity contribution in [3.05, 3.63) is 46.2 Å². The van der Waals surface area contributed by atoms with Gasteiger partial charge in [0.25, 0.3) is 5.91 Å². The molecule has 1 aliphatic rings. The Morgan fingerprint density at radius 1 is 1.24 bits per heavy atom. The molecule has 2 aromatic rings. The number of anilines is 1. The van der Waals surface area contributed by atoms with Crippen LogP contribution in [-0.4, -0.2) is 16.9 Å². The van der Waals surface area contributed by atoms with Gasteiger partial charge in [-0.2, -0.15) is 0 Å². The number of nitrogens with one attached hydrogen (secondary N) is 2. The Kier molecular flexibility index (Phi) is 5.68. The largest absolute Gasteiger partial charge is 0.359 e. The van der Waals surface area contributed by atoms with E-state index in [-0.39, 0.29) is 17.8 Å². The van der Waals surface area contributed by atoms with E-state index in [9.17, 15) is 9.18 Å². The summed E-state index contributed by atoms with van der Waals surface area (Å²) in [7, 11) is 0. The zero-order valence-corrected chi connectivity index (χ0v) is 15.5. The van der Waals surface area contributed by atoms with Crippen LogP contribution in [0.25, 0.3) is 0 Å². The number of carbonyl (C=O) groups excluding carboxylic acids is 1. The van der Waals surface area contributed by atoms with E-state index < -0.39 is 0 Å². The number of halogens is 1. The van der Waals surface area contributed by atoms with Crippen LogP contribution >= 0.6 is 11.3 Å². The Morgan fingerprint density at radius 2 is 1.92 bits per heavy atom. The van der Waals surface area contributed by atoms with Gasteiger partial charge in [-0.15, -0.1) is 0 Å². The van der Waals surface area contributed by atoms with Crippen LogP contribution in [0.15, 0.2) is 24.3 Å². The Labute approximate surface area is 151 Å². The molecule has 0 bridgehead atoms. The maximum atomic E-state index is 13.0. The Balaban J connectivity index is 1.64. The number of thiazole rings is 1. The molecule has 3 rings (SSSR count). The van der Waals surface area contributed by atoms with Crippen LogP contribution in [0, 0.1) is 12.7 Å². The number of aromatic nitrogens is 1. The van der Waals surface area contributed by atoms with Gasteiger partial charge in [-0.25, -0.2) is 9.37 Å². The first kappa shape index (κ1) is 17.9. The third-order valence-electron chi connectivity index (χ3n) is 4.65. The van der Waals surface area contributed by atoms with Gasteiger partial charge < -0.3 is 10.6 Å². The number of hydrogen-bond acceptors (Lipinski definition) is 4. The molecule has 1 saturated carbocycles. The zero-order valence-electron chi connectivity index (χ0n) is 14.6. The van der Waals surface area contributed by atoms with Crippen molar-refractivity contribution in [1.29, 1.82) is 0 Å². The molecule has 1 atom stereocenters. The first-order chi connectivity index (χ1) is 12.0. The topological polar surface area (TPSA) is 54.0 Å². The molecule has 6 heteroatoms. The van der Waals surface area contributed by atoms with Crippen molar-refractivity contribution in [2.75, 3.05) is 5.32 Å². The lowest BCUT2D eigenvalue weighted by Crippen LogP contribution is -2.26.